The summed E-state index contributed by atoms with van der Waals surface area (Å²) >= 11 is 0. The normalized spacial score (nSPS) is 17.1. The third-order valence-electron chi connectivity index (χ3n) is 7.39. The number of carbonyl (C=O) groups excluding carboxylic acids is 3. The van der Waals surface area contributed by atoms with Crippen molar-refractivity contribution < 1.29 is 19.1 Å². The minimum absolute atomic E-state index is 0.0813. The van der Waals surface area contributed by atoms with Gasteiger partial charge in [-0.1, -0.05) is 19.9 Å². The first-order valence-corrected chi connectivity index (χ1v) is 14.0. The largest absolute Gasteiger partial charge is 0.496 e. The third-order valence-corrected chi connectivity index (χ3v) is 7.39. The molecular weight excluding hydrogens is 522 g/mol. The van der Waals surface area contributed by atoms with Crippen molar-refractivity contribution in [3.05, 3.63) is 53.5 Å². The van der Waals surface area contributed by atoms with Crippen molar-refractivity contribution >= 4 is 28.6 Å². The minimum atomic E-state index is -0.846. The van der Waals surface area contributed by atoms with Crippen LogP contribution < -0.4 is 26.0 Å². The van der Waals surface area contributed by atoms with Crippen LogP contribution in [0.15, 0.2) is 36.4 Å². The van der Waals surface area contributed by atoms with Crippen LogP contribution in [0.3, 0.4) is 0 Å². The molecule has 0 radical (unpaired) electrons. The number of amides is 3. The molecule has 0 aliphatic carbocycles. The summed E-state index contributed by atoms with van der Waals surface area (Å²) in [4.78, 5) is 45.7. The van der Waals surface area contributed by atoms with Crippen LogP contribution in [0.4, 0.5) is 0 Å². The molecule has 1 fully saturated rings. The Morgan fingerprint density at radius 3 is 2.61 bits per heavy atom. The molecule has 1 aromatic carbocycles. The van der Waals surface area contributed by atoms with Crippen molar-refractivity contribution in [1.82, 2.24) is 31.2 Å². The number of rotatable bonds is 13. The average molecular weight is 562 g/mol. The molecule has 218 valence electrons. The SMILES string of the molecule is COc1cccc2[nH]c(C(=O)N[C@@H](CC(C)C)C(=O)N[C@@H](C[C@@H]3CCNC3=O)C(C#N)NCc3ccc(C)[nH]3)cc12. The summed E-state index contributed by atoms with van der Waals surface area (Å²) in [6, 6.07) is 11.1. The monoisotopic (exact) mass is 561 g/mol. The molecule has 1 aliphatic rings. The molecule has 0 saturated carbocycles. The number of hydrogen-bond acceptors (Lipinski definition) is 6. The lowest BCUT2D eigenvalue weighted by Crippen LogP contribution is -2.56. The number of ether oxygens (including phenoxy) is 1. The highest BCUT2D eigenvalue weighted by Gasteiger charge is 2.34. The topological polar surface area (TPSA) is 164 Å². The molecule has 4 rings (SSSR count). The molecule has 3 amide bonds. The van der Waals surface area contributed by atoms with E-state index in [2.05, 4.69) is 37.3 Å². The molecule has 4 atom stereocenters. The number of nitrogens with one attached hydrogen (secondary N) is 6. The van der Waals surface area contributed by atoms with Crippen molar-refractivity contribution in [3.8, 4) is 11.8 Å². The highest BCUT2D eigenvalue weighted by Crippen LogP contribution is 2.26. The first-order valence-electron chi connectivity index (χ1n) is 14.0. The van der Waals surface area contributed by atoms with E-state index in [1.165, 1.54) is 0 Å². The van der Waals surface area contributed by atoms with Gasteiger partial charge in [-0.2, -0.15) is 5.26 Å². The van der Waals surface area contributed by atoms with Crippen LogP contribution in [0.25, 0.3) is 10.9 Å². The van der Waals surface area contributed by atoms with Crippen LogP contribution in [-0.2, 0) is 16.1 Å². The van der Waals surface area contributed by atoms with Crippen molar-refractivity contribution in [2.45, 2.75) is 64.7 Å². The first-order chi connectivity index (χ1) is 19.7. The van der Waals surface area contributed by atoms with Crippen LogP contribution in [-0.4, -0.2) is 59.5 Å². The second kappa shape index (κ2) is 13.4. The summed E-state index contributed by atoms with van der Waals surface area (Å²) < 4.78 is 5.40. The molecule has 3 heterocycles. The number of aromatic amines is 2. The van der Waals surface area contributed by atoms with Gasteiger partial charge in [0.15, 0.2) is 0 Å². The van der Waals surface area contributed by atoms with Crippen LogP contribution in [0, 0.1) is 30.1 Å². The van der Waals surface area contributed by atoms with Gasteiger partial charge in [-0.15, -0.1) is 0 Å². The maximum absolute atomic E-state index is 13.7. The van der Waals surface area contributed by atoms with E-state index in [1.807, 2.05) is 51.1 Å². The Labute approximate surface area is 239 Å². The van der Waals surface area contributed by atoms with Crippen molar-refractivity contribution in [1.29, 1.82) is 5.26 Å². The number of nitriles is 1. The Balaban J connectivity index is 1.51. The predicted octanol–water partition coefficient (Wildman–Crippen LogP) is 2.65. The number of methoxy groups -OCH3 is 1. The summed E-state index contributed by atoms with van der Waals surface area (Å²) in [5.41, 5.74) is 2.97. The van der Waals surface area contributed by atoms with E-state index in [1.54, 1.807) is 13.2 Å². The lowest BCUT2D eigenvalue weighted by molar-refractivity contribution is -0.126. The van der Waals surface area contributed by atoms with E-state index in [0.717, 1.165) is 22.3 Å². The molecule has 3 aromatic rings. The lowest BCUT2D eigenvalue weighted by atomic mass is 9.93. The van der Waals surface area contributed by atoms with Crippen LogP contribution >= 0.6 is 0 Å². The Hall–Kier alpha value is -4.30. The summed E-state index contributed by atoms with van der Waals surface area (Å²) in [7, 11) is 1.57. The maximum atomic E-state index is 13.7. The molecule has 41 heavy (non-hydrogen) atoms. The maximum Gasteiger partial charge on any atom is 0.268 e. The summed E-state index contributed by atoms with van der Waals surface area (Å²) in [6.45, 7) is 6.85. The van der Waals surface area contributed by atoms with Gasteiger partial charge in [0.2, 0.25) is 11.8 Å². The molecule has 0 bridgehead atoms. The smallest absolute Gasteiger partial charge is 0.268 e. The Morgan fingerprint density at radius 2 is 1.98 bits per heavy atom. The van der Waals surface area contributed by atoms with Crippen molar-refractivity contribution in [2.75, 3.05) is 13.7 Å². The number of H-pyrrole nitrogens is 2. The van der Waals surface area contributed by atoms with E-state index in [-0.39, 0.29) is 17.7 Å². The Morgan fingerprint density at radius 1 is 1.17 bits per heavy atom. The van der Waals surface area contributed by atoms with Gasteiger partial charge in [-0.05, 0) is 62.4 Å². The van der Waals surface area contributed by atoms with Gasteiger partial charge in [0.1, 0.15) is 23.5 Å². The van der Waals surface area contributed by atoms with Gasteiger partial charge in [-0.3, -0.25) is 19.7 Å². The van der Waals surface area contributed by atoms with Gasteiger partial charge in [0, 0.05) is 41.3 Å². The van der Waals surface area contributed by atoms with E-state index in [0.29, 0.717) is 43.8 Å². The molecule has 11 nitrogen and oxygen atoms in total. The van der Waals surface area contributed by atoms with Crippen LogP contribution in [0.2, 0.25) is 0 Å². The minimum Gasteiger partial charge on any atom is -0.496 e. The van der Waals surface area contributed by atoms with Gasteiger partial charge in [0.05, 0.1) is 19.2 Å². The zero-order chi connectivity index (χ0) is 29.5. The number of aromatic nitrogens is 2. The van der Waals surface area contributed by atoms with Gasteiger partial charge < -0.3 is 30.7 Å². The summed E-state index contributed by atoms with van der Waals surface area (Å²) in [6.07, 6.45) is 1.33. The number of hydrogen-bond donors (Lipinski definition) is 6. The summed E-state index contributed by atoms with van der Waals surface area (Å²) in [5, 5.41) is 22.8. The van der Waals surface area contributed by atoms with Gasteiger partial charge >= 0.3 is 0 Å². The number of carbonyl (C=O) groups is 3. The second-order valence-electron chi connectivity index (χ2n) is 11.0. The fraction of sp³-hybridized carbons (Fsp3) is 0.467. The van der Waals surface area contributed by atoms with Crippen LogP contribution in [0.5, 0.6) is 5.75 Å². The number of aryl methyl sites for hydroxylation is 1. The Bertz CT molecular complexity index is 1420. The molecule has 1 saturated heterocycles. The molecule has 1 unspecified atom stereocenters. The lowest BCUT2D eigenvalue weighted by Gasteiger charge is -2.28. The van der Waals surface area contributed by atoms with Crippen molar-refractivity contribution in [2.24, 2.45) is 11.8 Å². The fourth-order valence-corrected chi connectivity index (χ4v) is 5.27. The second-order valence-corrected chi connectivity index (χ2v) is 11.0. The predicted molar refractivity (Wildman–Crippen MR) is 155 cm³/mol. The molecule has 6 N–H and O–H groups in total. The standard InChI is InChI=1S/C30H39N7O4/c1-17(2)12-24(37-30(40)25-14-21-22(35-25)6-5-7-27(21)41-4)29(39)36-23(13-19-10-11-32-28(19)38)26(15-31)33-16-20-9-8-18(3)34-20/h5-9,14,17,19,23-24,26,33-35H,10-13,16H2,1-4H3,(H,32,38)(H,36,39)(H,37,40)/t19-,23-,24-,26?/m0/s1. The van der Waals surface area contributed by atoms with E-state index in [9.17, 15) is 19.6 Å². The highest BCUT2D eigenvalue weighted by molar-refractivity contribution is 6.01. The molecule has 2 aromatic heterocycles. The molecule has 11 heteroatoms. The fourth-order valence-electron chi connectivity index (χ4n) is 5.27. The molecule has 1 aliphatic heterocycles. The zero-order valence-electron chi connectivity index (χ0n) is 24.0. The van der Waals surface area contributed by atoms with E-state index in [4.69, 9.17) is 4.74 Å². The van der Waals surface area contributed by atoms with E-state index < -0.39 is 29.9 Å². The van der Waals surface area contributed by atoms with Crippen molar-refractivity contribution in [3.63, 3.8) is 0 Å². The first kappa shape index (κ1) is 29.7. The summed E-state index contributed by atoms with van der Waals surface area (Å²) in [5.74, 6) is -0.478. The quantitative estimate of drug-likeness (QED) is 0.188. The van der Waals surface area contributed by atoms with Gasteiger partial charge in [0.25, 0.3) is 5.91 Å². The molecule has 0 spiro atoms. The van der Waals surface area contributed by atoms with E-state index >= 15 is 0 Å². The Kier molecular flexibility index (Phi) is 9.68. The molecular formula is C30H39N7O4. The zero-order valence-corrected chi connectivity index (χ0v) is 24.0. The average Bonchev–Trinajstić information content (AvgIpc) is 3.67. The van der Waals surface area contributed by atoms with Gasteiger partial charge in [-0.25, -0.2) is 0 Å². The number of nitrogens with zero attached hydrogens (tertiary/aromatic N) is 1. The highest BCUT2D eigenvalue weighted by atomic mass is 16.5. The number of benzene rings is 1. The third kappa shape index (κ3) is 7.46. The van der Waals surface area contributed by atoms with Crippen LogP contribution in [0.1, 0.15) is 55.0 Å². The number of fused-ring (bicyclic) bond motifs is 1.